The van der Waals surface area contributed by atoms with Crippen molar-refractivity contribution in [2.24, 2.45) is 5.92 Å². The molecule has 1 aromatic rings. The predicted octanol–water partition coefficient (Wildman–Crippen LogP) is 3.61. The van der Waals surface area contributed by atoms with E-state index < -0.39 is 0 Å². The Labute approximate surface area is 119 Å². The summed E-state index contributed by atoms with van der Waals surface area (Å²) in [7, 11) is 0. The van der Waals surface area contributed by atoms with Crippen molar-refractivity contribution in [3.63, 3.8) is 0 Å². The number of hydrogen-bond acceptors (Lipinski definition) is 3. The minimum Gasteiger partial charge on any atom is -0.316 e. The fraction of sp³-hybridized carbons (Fsp3) is 0.714. The van der Waals surface area contributed by atoms with E-state index in [1.165, 1.54) is 37.4 Å². The van der Waals surface area contributed by atoms with Gasteiger partial charge >= 0.3 is 0 Å². The lowest BCUT2D eigenvalue weighted by atomic mass is 9.98. The van der Waals surface area contributed by atoms with Crippen LogP contribution in [0.2, 0.25) is 4.34 Å². The first kappa shape index (κ1) is 14.3. The van der Waals surface area contributed by atoms with Crippen molar-refractivity contribution < 1.29 is 0 Å². The molecule has 0 amide bonds. The van der Waals surface area contributed by atoms with E-state index in [9.17, 15) is 0 Å². The summed E-state index contributed by atoms with van der Waals surface area (Å²) in [5, 5.41) is 3.50. The molecule has 0 aliphatic carbocycles. The molecule has 0 aromatic carbocycles. The molecule has 1 aliphatic rings. The molecule has 1 saturated heterocycles. The highest BCUT2D eigenvalue weighted by Crippen LogP contribution is 2.24. The maximum Gasteiger partial charge on any atom is 0.0931 e. The van der Waals surface area contributed by atoms with E-state index in [1.54, 1.807) is 11.3 Å². The summed E-state index contributed by atoms with van der Waals surface area (Å²) >= 11 is 7.71. The van der Waals surface area contributed by atoms with Crippen molar-refractivity contribution in [2.45, 2.75) is 39.3 Å². The Morgan fingerprint density at radius 2 is 2.33 bits per heavy atom. The topological polar surface area (TPSA) is 15.3 Å². The molecule has 102 valence electrons. The highest BCUT2D eigenvalue weighted by Gasteiger charge is 2.19. The number of piperidine rings is 1. The average molecular weight is 287 g/mol. The lowest BCUT2D eigenvalue weighted by Gasteiger charge is -2.32. The maximum atomic E-state index is 6.01. The van der Waals surface area contributed by atoms with Crippen LogP contribution in [0.3, 0.4) is 0 Å². The molecular formula is C14H23ClN2S. The van der Waals surface area contributed by atoms with Crippen molar-refractivity contribution in [1.29, 1.82) is 0 Å². The van der Waals surface area contributed by atoms with E-state index in [0.717, 1.165) is 16.8 Å². The van der Waals surface area contributed by atoms with E-state index >= 15 is 0 Å². The molecule has 1 aliphatic heterocycles. The van der Waals surface area contributed by atoms with Crippen molar-refractivity contribution >= 4 is 22.9 Å². The lowest BCUT2D eigenvalue weighted by Crippen LogP contribution is -2.40. The third-order valence-corrected chi connectivity index (χ3v) is 4.83. The van der Waals surface area contributed by atoms with E-state index in [2.05, 4.69) is 30.1 Å². The molecule has 0 radical (unpaired) electrons. The Morgan fingerprint density at radius 3 is 2.89 bits per heavy atom. The standard InChI is InChI=1S/C14H23ClN2S/c1-11(2)17(9-12-4-3-7-16-8-12)10-13-5-6-14(15)18-13/h5-6,11-12,16H,3-4,7-10H2,1-2H3. The summed E-state index contributed by atoms with van der Waals surface area (Å²) in [4.78, 5) is 3.94. The second kappa shape index (κ2) is 6.90. The Balaban J connectivity index is 1.90. The number of nitrogens with one attached hydrogen (secondary N) is 1. The Kier molecular flexibility index (Phi) is 5.49. The van der Waals surface area contributed by atoms with Gasteiger partial charge in [-0.2, -0.15) is 0 Å². The lowest BCUT2D eigenvalue weighted by molar-refractivity contribution is 0.165. The van der Waals surface area contributed by atoms with Crippen LogP contribution in [0, 0.1) is 5.92 Å². The fourth-order valence-corrected chi connectivity index (χ4v) is 3.62. The summed E-state index contributed by atoms with van der Waals surface area (Å²) in [5.41, 5.74) is 0. The Hall–Kier alpha value is -0.0900. The van der Waals surface area contributed by atoms with Crippen molar-refractivity contribution in [3.05, 3.63) is 21.3 Å². The summed E-state index contributed by atoms with van der Waals surface area (Å²) in [6.07, 6.45) is 2.68. The van der Waals surface area contributed by atoms with Gasteiger partial charge in [-0.25, -0.2) is 0 Å². The second-order valence-corrected chi connectivity index (χ2v) is 7.24. The SMILES string of the molecule is CC(C)N(Cc1ccc(Cl)s1)CC1CCCNC1. The second-order valence-electron chi connectivity index (χ2n) is 5.44. The van der Waals surface area contributed by atoms with Gasteiger partial charge in [0.15, 0.2) is 0 Å². The Morgan fingerprint density at radius 1 is 1.50 bits per heavy atom. The van der Waals surface area contributed by atoms with Gasteiger partial charge in [-0.15, -0.1) is 11.3 Å². The van der Waals surface area contributed by atoms with Gasteiger partial charge in [-0.3, -0.25) is 4.90 Å². The highest BCUT2D eigenvalue weighted by atomic mass is 35.5. The number of thiophene rings is 1. The van der Waals surface area contributed by atoms with Crippen LogP contribution in [0.1, 0.15) is 31.6 Å². The molecule has 0 spiro atoms. The third kappa shape index (κ3) is 4.23. The maximum absolute atomic E-state index is 6.01. The molecule has 2 heterocycles. The van der Waals surface area contributed by atoms with E-state index in [1.807, 2.05) is 6.07 Å². The van der Waals surface area contributed by atoms with Crippen LogP contribution in [0.25, 0.3) is 0 Å². The van der Waals surface area contributed by atoms with Gasteiger partial charge in [0.25, 0.3) is 0 Å². The molecule has 1 N–H and O–H groups in total. The van der Waals surface area contributed by atoms with Crippen LogP contribution in [0.15, 0.2) is 12.1 Å². The normalized spacial score (nSPS) is 20.8. The first-order chi connectivity index (χ1) is 8.65. The van der Waals surface area contributed by atoms with Crippen LogP contribution >= 0.6 is 22.9 Å². The molecular weight excluding hydrogens is 264 g/mol. The van der Waals surface area contributed by atoms with E-state index in [0.29, 0.717) is 6.04 Å². The van der Waals surface area contributed by atoms with E-state index in [4.69, 9.17) is 11.6 Å². The summed E-state index contributed by atoms with van der Waals surface area (Å²) in [5.74, 6) is 0.802. The van der Waals surface area contributed by atoms with Gasteiger partial charge in [0, 0.05) is 24.0 Å². The number of rotatable bonds is 5. The quantitative estimate of drug-likeness (QED) is 0.889. The van der Waals surface area contributed by atoms with Crippen LogP contribution < -0.4 is 5.32 Å². The van der Waals surface area contributed by atoms with Gasteiger partial charge in [0.05, 0.1) is 4.34 Å². The van der Waals surface area contributed by atoms with Crippen LogP contribution in [-0.2, 0) is 6.54 Å². The monoisotopic (exact) mass is 286 g/mol. The first-order valence-electron chi connectivity index (χ1n) is 6.84. The molecule has 0 bridgehead atoms. The van der Waals surface area contributed by atoms with Gasteiger partial charge in [-0.1, -0.05) is 11.6 Å². The zero-order chi connectivity index (χ0) is 13.0. The molecule has 1 fully saturated rings. The van der Waals surface area contributed by atoms with Gasteiger partial charge in [0.1, 0.15) is 0 Å². The highest BCUT2D eigenvalue weighted by molar-refractivity contribution is 7.16. The summed E-state index contributed by atoms with van der Waals surface area (Å²) < 4.78 is 0.896. The van der Waals surface area contributed by atoms with Crippen LogP contribution in [0.4, 0.5) is 0 Å². The largest absolute Gasteiger partial charge is 0.316 e. The third-order valence-electron chi connectivity index (χ3n) is 3.61. The minimum absolute atomic E-state index is 0.591. The molecule has 18 heavy (non-hydrogen) atoms. The fourth-order valence-electron chi connectivity index (χ4n) is 2.51. The molecule has 2 rings (SSSR count). The van der Waals surface area contributed by atoms with Gasteiger partial charge in [0.2, 0.25) is 0 Å². The number of hydrogen-bond donors (Lipinski definition) is 1. The van der Waals surface area contributed by atoms with Crippen LogP contribution in [0.5, 0.6) is 0 Å². The first-order valence-corrected chi connectivity index (χ1v) is 8.03. The summed E-state index contributed by atoms with van der Waals surface area (Å²) in [6, 6.07) is 4.75. The smallest absolute Gasteiger partial charge is 0.0931 e. The Bertz CT molecular complexity index is 358. The number of halogens is 1. The molecule has 2 nitrogen and oxygen atoms in total. The van der Waals surface area contributed by atoms with Crippen molar-refractivity contribution in [1.82, 2.24) is 10.2 Å². The van der Waals surface area contributed by atoms with Gasteiger partial charge in [-0.05, 0) is 57.8 Å². The molecule has 4 heteroatoms. The molecule has 1 atom stereocenters. The molecule has 0 saturated carbocycles. The molecule has 1 unspecified atom stereocenters. The zero-order valence-corrected chi connectivity index (χ0v) is 12.9. The molecule has 1 aromatic heterocycles. The zero-order valence-electron chi connectivity index (χ0n) is 11.3. The van der Waals surface area contributed by atoms with Crippen molar-refractivity contribution in [3.8, 4) is 0 Å². The summed E-state index contributed by atoms with van der Waals surface area (Å²) in [6.45, 7) is 9.16. The average Bonchev–Trinajstić information content (AvgIpc) is 2.75. The van der Waals surface area contributed by atoms with E-state index in [-0.39, 0.29) is 0 Å². The predicted molar refractivity (Wildman–Crippen MR) is 80.5 cm³/mol. The van der Waals surface area contributed by atoms with Crippen LogP contribution in [-0.4, -0.2) is 30.6 Å². The minimum atomic E-state index is 0.591. The van der Waals surface area contributed by atoms with Gasteiger partial charge < -0.3 is 5.32 Å². The number of nitrogens with zero attached hydrogens (tertiary/aromatic N) is 1. The van der Waals surface area contributed by atoms with Crippen molar-refractivity contribution in [2.75, 3.05) is 19.6 Å².